The third kappa shape index (κ3) is 6.51. The van der Waals surface area contributed by atoms with Crippen molar-refractivity contribution in [1.82, 2.24) is 37.4 Å². The van der Waals surface area contributed by atoms with Crippen molar-refractivity contribution >= 4 is 93.5 Å². The lowest BCUT2D eigenvalue weighted by Crippen LogP contribution is -2.29. The first-order valence-electron chi connectivity index (χ1n) is 11.3. The lowest BCUT2D eigenvalue weighted by atomic mass is 10.2. The molecule has 0 bridgehead atoms. The van der Waals surface area contributed by atoms with E-state index in [0.717, 1.165) is 20.7 Å². The maximum absolute atomic E-state index is 13.7. The standard InChI is InChI=1S/C13H13BrFN5O4S2.C9H5Cl3N4/c1-8-12(14)10-5-4-9(15)6-11(10)20(8)25(21,22)13-16-7-19(17-13)26(23,24)18(2)3;10-5-3-1-2-4-6(5)13-9-15-7(11)14-8(12)16-9/h4-7H,1-3H3;1-4H,(H,13,14,15,16). The summed E-state index contributed by atoms with van der Waals surface area (Å²) in [5, 5.41) is 6.83. The van der Waals surface area contributed by atoms with Crippen molar-refractivity contribution in [1.29, 1.82) is 0 Å². The van der Waals surface area contributed by atoms with Gasteiger partial charge in [0.05, 0.1) is 16.2 Å². The van der Waals surface area contributed by atoms with Crippen LogP contribution in [0.2, 0.25) is 15.6 Å². The van der Waals surface area contributed by atoms with Gasteiger partial charge in [-0.2, -0.15) is 36.1 Å². The summed E-state index contributed by atoms with van der Waals surface area (Å²) in [7, 11) is -5.84. The van der Waals surface area contributed by atoms with Crippen molar-refractivity contribution in [2.75, 3.05) is 19.4 Å². The maximum Gasteiger partial charge on any atom is 0.323 e. The van der Waals surface area contributed by atoms with E-state index in [-0.39, 0.29) is 27.7 Å². The topological polar surface area (TPSA) is 158 Å². The number of fused-ring (bicyclic) bond motifs is 1. The van der Waals surface area contributed by atoms with Gasteiger partial charge in [0.25, 0.3) is 5.16 Å². The average molecular weight is 742 g/mol. The molecule has 0 atom stereocenters. The molecule has 3 heterocycles. The van der Waals surface area contributed by atoms with Gasteiger partial charge in [-0.3, -0.25) is 0 Å². The molecule has 3 aromatic heterocycles. The Balaban J connectivity index is 0.000000216. The highest BCUT2D eigenvalue weighted by molar-refractivity contribution is 9.10. The molecule has 0 aliphatic heterocycles. The molecule has 42 heavy (non-hydrogen) atoms. The summed E-state index contributed by atoms with van der Waals surface area (Å²) < 4.78 is 66.4. The van der Waals surface area contributed by atoms with Crippen LogP contribution in [0.1, 0.15) is 5.69 Å². The van der Waals surface area contributed by atoms with Crippen LogP contribution >= 0.6 is 50.7 Å². The van der Waals surface area contributed by atoms with E-state index in [4.69, 9.17) is 34.8 Å². The Morgan fingerprint density at radius 3 is 2.24 bits per heavy atom. The normalized spacial score (nSPS) is 11.9. The van der Waals surface area contributed by atoms with Crippen LogP contribution in [0.5, 0.6) is 0 Å². The first kappa shape index (κ1) is 32.0. The molecule has 5 aromatic rings. The van der Waals surface area contributed by atoms with Crippen LogP contribution in [0.15, 0.2) is 58.4 Å². The predicted molar refractivity (Wildman–Crippen MR) is 160 cm³/mol. The molecule has 0 spiro atoms. The highest BCUT2D eigenvalue weighted by Gasteiger charge is 2.30. The summed E-state index contributed by atoms with van der Waals surface area (Å²) in [6.45, 7) is 1.52. The summed E-state index contributed by atoms with van der Waals surface area (Å²) in [4.78, 5) is 15.0. The molecule has 0 saturated carbocycles. The van der Waals surface area contributed by atoms with Crippen LogP contribution in [0.25, 0.3) is 10.9 Å². The molecular weight excluding hydrogens is 724 g/mol. The van der Waals surface area contributed by atoms with Crippen molar-refractivity contribution in [3.63, 3.8) is 0 Å². The summed E-state index contributed by atoms with van der Waals surface area (Å²) in [5.41, 5.74) is 1.03. The van der Waals surface area contributed by atoms with Gasteiger partial charge in [-0.15, -0.1) is 9.19 Å². The minimum Gasteiger partial charge on any atom is -0.323 e. The fourth-order valence-corrected chi connectivity index (χ4v) is 6.72. The van der Waals surface area contributed by atoms with E-state index in [9.17, 15) is 21.2 Å². The van der Waals surface area contributed by atoms with E-state index >= 15 is 0 Å². The second-order valence-corrected chi connectivity index (χ2v) is 13.9. The molecule has 0 radical (unpaired) electrons. The van der Waals surface area contributed by atoms with E-state index in [1.807, 2.05) is 12.1 Å². The van der Waals surface area contributed by atoms with E-state index in [2.05, 4.69) is 46.3 Å². The minimum atomic E-state index is -4.36. The monoisotopic (exact) mass is 739 g/mol. The summed E-state index contributed by atoms with van der Waals surface area (Å²) in [6, 6.07) is 10.9. The highest BCUT2D eigenvalue weighted by atomic mass is 79.9. The van der Waals surface area contributed by atoms with Gasteiger partial charge in [-0.05, 0) is 76.4 Å². The molecule has 0 aliphatic carbocycles. The Morgan fingerprint density at radius 2 is 1.62 bits per heavy atom. The Kier molecular flexibility index (Phi) is 9.41. The van der Waals surface area contributed by atoms with Crippen molar-refractivity contribution in [3.05, 3.63) is 80.4 Å². The molecule has 5 rings (SSSR count). The summed E-state index contributed by atoms with van der Waals surface area (Å²) in [5.74, 6) is -0.370. The van der Waals surface area contributed by atoms with Gasteiger partial charge in [-0.25, -0.2) is 13.3 Å². The predicted octanol–water partition coefficient (Wildman–Crippen LogP) is 4.91. The summed E-state index contributed by atoms with van der Waals surface area (Å²) in [6.07, 6.45) is 0.791. The Hall–Kier alpha value is -2.93. The third-order valence-electron chi connectivity index (χ3n) is 5.36. The fraction of sp³-hybridized carbons (Fsp3) is 0.136. The number of hydrogen-bond donors (Lipinski definition) is 1. The van der Waals surface area contributed by atoms with Gasteiger partial charge in [0, 0.05) is 29.6 Å². The third-order valence-corrected chi connectivity index (χ3v) is 10.2. The number of anilines is 2. The zero-order valence-corrected chi connectivity index (χ0v) is 27.0. The maximum atomic E-state index is 13.7. The molecule has 2 aromatic carbocycles. The average Bonchev–Trinajstić information content (AvgIpc) is 3.50. The van der Waals surface area contributed by atoms with Gasteiger partial charge in [-0.1, -0.05) is 23.7 Å². The number of rotatable bonds is 6. The van der Waals surface area contributed by atoms with E-state index in [0.29, 0.717) is 24.7 Å². The van der Waals surface area contributed by atoms with Crippen LogP contribution in [0.3, 0.4) is 0 Å². The number of nitrogens with one attached hydrogen (secondary N) is 1. The molecule has 222 valence electrons. The van der Waals surface area contributed by atoms with E-state index in [1.165, 1.54) is 33.2 Å². The molecular formula is C22H18BrCl3FN9O4S2. The Labute approximate surface area is 262 Å². The largest absolute Gasteiger partial charge is 0.323 e. The Bertz CT molecular complexity index is 2000. The smallest absolute Gasteiger partial charge is 0.323 e. The molecule has 1 N–H and O–H groups in total. The van der Waals surface area contributed by atoms with E-state index in [1.54, 1.807) is 12.1 Å². The van der Waals surface area contributed by atoms with Crippen LogP contribution in [-0.2, 0) is 20.2 Å². The number of para-hydroxylation sites is 1. The molecule has 0 amide bonds. The van der Waals surface area contributed by atoms with Gasteiger partial charge in [0.1, 0.15) is 12.1 Å². The fourth-order valence-electron chi connectivity index (χ4n) is 3.41. The van der Waals surface area contributed by atoms with Crippen LogP contribution in [-0.4, -0.2) is 68.3 Å². The van der Waals surface area contributed by atoms with Crippen LogP contribution in [0.4, 0.5) is 16.0 Å². The van der Waals surface area contributed by atoms with E-state index < -0.39 is 31.2 Å². The first-order chi connectivity index (χ1) is 19.6. The number of halogens is 5. The number of aromatic nitrogens is 7. The quantitative estimate of drug-likeness (QED) is 0.254. The number of benzene rings is 2. The highest BCUT2D eigenvalue weighted by Crippen LogP contribution is 2.33. The van der Waals surface area contributed by atoms with Gasteiger partial charge in [0.15, 0.2) is 0 Å². The van der Waals surface area contributed by atoms with Crippen molar-refractivity contribution < 1.29 is 21.2 Å². The Morgan fingerprint density at radius 1 is 0.976 bits per heavy atom. The number of nitrogens with zero attached hydrogens (tertiary/aromatic N) is 8. The second-order valence-electron chi connectivity index (χ2n) is 8.32. The molecule has 0 saturated heterocycles. The molecule has 0 unspecified atom stereocenters. The first-order valence-corrected chi connectivity index (χ1v) is 16.0. The second kappa shape index (κ2) is 12.4. The van der Waals surface area contributed by atoms with Crippen molar-refractivity contribution in [2.24, 2.45) is 0 Å². The SMILES string of the molecule is Cc1c(Br)c2ccc(F)cc2n1S(=O)(=O)c1ncn(S(=O)(=O)N(C)C)n1.Clc1nc(Cl)nc(Nc2ccccc2Cl)n1. The zero-order chi connectivity index (χ0) is 31.0. The van der Waals surface area contributed by atoms with Gasteiger partial charge in [0.2, 0.25) is 16.5 Å². The molecule has 0 fully saturated rings. The lowest BCUT2D eigenvalue weighted by molar-refractivity contribution is 0.502. The van der Waals surface area contributed by atoms with Gasteiger partial charge < -0.3 is 5.32 Å². The molecule has 20 heteroatoms. The van der Waals surface area contributed by atoms with Crippen LogP contribution in [0, 0.1) is 12.7 Å². The minimum absolute atomic E-state index is 0.0227. The van der Waals surface area contributed by atoms with Crippen molar-refractivity contribution in [2.45, 2.75) is 12.1 Å². The zero-order valence-electron chi connectivity index (χ0n) is 21.5. The summed E-state index contributed by atoms with van der Waals surface area (Å²) >= 11 is 20.5. The van der Waals surface area contributed by atoms with Crippen molar-refractivity contribution in [3.8, 4) is 0 Å². The molecule has 0 aliphatic rings. The lowest BCUT2D eigenvalue weighted by Gasteiger charge is -2.09. The van der Waals surface area contributed by atoms with Crippen LogP contribution < -0.4 is 5.32 Å². The molecule has 13 nitrogen and oxygen atoms in total. The van der Waals surface area contributed by atoms with Gasteiger partial charge >= 0.3 is 20.2 Å². The number of hydrogen-bond acceptors (Lipinski definition) is 10.